The summed E-state index contributed by atoms with van der Waals surface area (Å²) in [6.45, 7) is 3.70. The minimum absolute atomic E-state index is 0.473. The van der Waals surface area contributed by atoms with E-state index in [-0.39, 0.29) is 0 Å². The minimum Gasteiger partial charge on any atom is -0.376 e. The Balaban J connectivity index is 1.60. The molecule has 9 heteroatoms. The summed E-state index contributed by atoms with van der Waals surface area (Å²) < 4.78 is 33.9. The molecule has 170 valence electrons. The number of aryl methyl sites for hydroxylation is 1. The van der Waals surface area contributed by atoms with Gasteiger partial charge in [-0.05, 0) is 30.7 Å². The van der Waals surface area contributed by atoms with Crippen molar-refractivity contribution in [2.45, 2.75) is 26.5 Å². The first-order valence-electron chi connectivity index (χ1n) is 10.7. The molecule has 3 heterocycles. The van der Waals surface area contributed by atoms with Crippen LogP contribution < -0.4 is 10.0 Å². The molecule has 0 aliphatic carbocycles. The first-order chi connectivity index (χ1) is 15.9. The summed E-state index contributed by atoms with van der Waals surface area (Å²) in [4.78, 5) is 9.76. The number of benzene rings is 2. The number of nitrogens with zero attached hydrogens (tertiary/aromatic N) is 3. The Morgan fingerprint density at radius 3 is 2.70 bits per heavy atom. The minimum atomic E-state index is -3.40. The molecule has 0 radical (unpaired) electrons. The number of aromatic nitrogens is 3. The van der Waals surface area contributed by atoms with Gasteiger partial charge in [0, 0.05) is 29.6 Å². The maximum Gasteiger partial charge on any atom is 0.236 e. The van der Waals surface area contributed by atoms with Gasteiger partial charge in [0.05, 0.1) is 36.4 Å². The monoisotopic (exact) mass is 463 g/mol. The molecule has 0 spiro atoms. The van der Waals surface area contributed by atoms with Crippen LogP contribution in [0.5, 0.6) is 0 Å². The summed E-state index contributed by atoms with van der Waals surface area (Å²) in [6.07, 6.45) is 1.86. The van der Waals surface area contributed by atoms with Crippen LogP contribution in [0.1, 0.15) is 22.5 Å². The second-order valence-electron chi connectivity index (χ2n) is 8.17. The third-order valence-corrected chi connectivity index (χ3v) is 6.23. The highest BCUT2D eigenvalue weighted by molar-refractivity contribution is 7.92. The van der Waals surface area contributed by atoms with Crippen molar-refractivity contribution < 1.29 is 13.2 Å². The average molecular weight is 464 g/mol. The Morgan fingerprint density at radius 1 is 1.09 bits per heavy atom. The van der Waals surface area contributed by atoms with Crippen LogP contribution >= 0.6 is 0 Å². The fraction of sp³-hybridized carbons (Fsp3) is 0.250. The predicted octanol–water partition coefficient (Wildman–Crippen LogP) is 3.79. The lowest BCUT2D eigenvalue weighted by Crippen LogP contribution is -2.19. The zero-order valence-corrected chi connectivity index (χ0v) is 19.3. The molecule has 0 atom stereocenters. The first kappa shape index (κ1) is 21.4. The van der Waals surface area contributed by atoms with Crippen LogP contribution in [-0.4, -0.2) is 35.8 Å². The molecule has 2 N–H and O–H groups in total. The Bertz CT molecular complexity index is 1430. The van der Waals surface area contributed by atoms with Gasteiger partial charge in [0.2, 0.25) is 16.0 Å². The van der Waals surface area contributed by atoms with E-state index in [0.717, 1.165) is 45.5 Å². The average Bonchev–Trinajstić information content (AvgIpc) is 3.14. The zero-order valence-electron chi connectivity index (χ0n) is 18.5. The van der Waals surface area contributed by atoms with E-state index in [0.29, 0.717) is 37.8 Å². The number of nitrogens with one attached hydrogen (secondary N) is 2. The van der Waals surface area contributed by atoms with Gasteiger partial charge in [-0.2, -0.15) is 4.98 Å². The number of hydrogen-bond acceptors (Lipinski definition) is 6. The van der Waals surface area contributed by atoms with Crippen LogP contribution in [0.3, 0.4) is 0 Å². The van der Waals surface area contributed by atoms with Crippen molar-refractivity contribution in [2.75, 3.05) is 22.9 Å². The lowest BCUT2D eigenvalue weighted by atomic mass is 10.1. The van der Waals surface area contributed by atoms with Crippen molar-refractivity contribution in [1.82, 2.24) is 14.5 Å². The number of hydrogen-bond donors (Lipinski definition) is 2. The molecule has 0 bridgehead atoms. The summed E-state index contributed by atoms with van der Waals surface area (Å²) in [5, 5.41) is 4.26. The Hall–Kier alpha value is -3.43. The molecular formula is C24H25N5O3S. The quantitative estimate of drug-likeness (QED) is 0.452. The summed E-state index contributed by atoms with van der Waals surface area (Å²) in [5.41, 5.74) is 5.38. The Morgan fingerprint density at radius 2 is 1.91 bits per heavy atom. The second-order valence-corrected chi connectivity index (χ2v) is 9.92. The third kappa shape index (κ3) is 4.42. The van der Waals surface area contributed by atoms with E-state index in [4.69, 9.17) is 14.7 Å². The van der Waals surface area contributed by atoms with Crippen molar-refractivity contribution in [1.29, 1.82) is 0 Å². The van der Waals surface area contributed by atoms with Crippen LogP contribution in [0.2, 0.25) is 0 Å². The van der Waals surface area contributed by atoms with Gasteiger partial charge in [0.1, 0.15) is 5.82 Å². The SMILES string of the molecule is Cc1cc2c(NS(C)(=O)=O)cccc2n1-c1nc2c(c(NCc3ccccc3)n1)COCC2. The van der Waals surface area contributed by atoms with E-state index >= 15 is 0 Å². The van der Waals surface area contributed by atoms with Gasteiger partial charge < -0.3 is 10.1 Å². The van der Waals surface area contributed by atoms with Gasteiger partial charge in [-0.25, -0.2) is 13.4 Å². The van der Waals surface area contributed by atoms with Gasteiger partial charge in [-0.15, -0.1) is 0 Å². The molecule has 33 heavy (non-hydrogen) atoms. The second kappa shape index (κ2) is 8.49. The van der Waals surface area contributed by atoms with Gasteiger partial charge in [-0.1, -0.05) is 36.4 Å². The standard InChI is InChI=1S/C24H25N5O3S/c1-16-13-18-21(28-33(2,30)31)9-6-10-22(18)29(16)24-26-20-11-12-32-15-19(20)23(27-24)25-14-17-7-4-3-5-8-17/h3-10,13,28H,11-12,14-15H2,1-2H3,(H,25,26,27). The molecule has 1 aliphatic heterocycles. The van der Waals surface area contributed by atoms with Gasteiger partial charge in [-0.3, -0.25) is 9.29 Å². The maximum atomic E-state index is 11.8. The molecule has 2 aromatic heterocycles. The molecule has 4 aromatic rings. The van der Waals surface area contributed by atoms with Gasteiger partial charge in [0.15, 0.2) is 0 Å². The molecule has 1 aliphatic rings. The van der Waals surface area contributed by atoms with Crippen molar-refractivity contribution in [3.05, 3.63) is 77.1 Å². The van der Waals surface area contributed by atoms with E-state index < -0.39 is 10.0 Å². The number of ether oxygens (including phenoxy) is 1. The highest BCUT2D eigenvalue weighted by atomic mass is 32.2. The Labute approximate surface area is 192 Å². The Kier molecular flexibility index (Phi) is 5.51. The first-order valence-corrected chi connectivity index (χ1v) is 12.6. The molecule has 2 aromatic carbocycles. The maximum absolute atomic E-state index is 11.8. The molecule has 0 amide bonds. The third-order valence-electron chi connectivity index (χ3n) is 5.64. The van der Waals surface area contributed by atoms with Crippen molar-refractivity contribution >= 4 is 32.4 Å². The lowest BCUT2D eigenvalue weighted by Gasteiger charge is -2.21. The number of anilines is 2. The van der Waals surface area contributed by atoms with Crippen LogP contribution in [-0.2, 0) is 34.3 Å². The number of fused-ring (bicyclic) bond motifs is 2. The predicted molar refractivity (Wildman–Crippen MR) is 129 cm³/mol. The van der Waals surface area contributed by atoms with Gasteiger partial charge in [0.25, 0.3) is 0 Å². The van der Waals surface area contributed by atoms with Crippen LogP contribution in [0, 0.1) is 6.92 Å². The molecule has 0 saturated carbocycles. The van der Waals surface area contributed by atoms with Gasteiger partial charge >= 0.3 is 0 Å². The van der Waals surface area contributed by atoms with E-state index in [1.807, 2.05) is 47.9 Å². The van der Waals surface area contributed by atoms with E-state index in [1.165, 1.54) is 0 Å². The van der Waals surface area contributed by atoms with E-state index in [9.17, 15) is 8.42 Å². The molecule has 0 saturated heterocycles. The number of rotatable bonds is 6. The fourth-order valence-corrected chi connectivity index (χ4v) is 4.74. The molecular weight excluding hydrogens is 438 g/mol. The molecule has 0 fully saturated rings. The molecule has 8 nitrogen and oxygen atoms in total. The van der Waals surface area contributed by atoms with E-state index in [2.05, 4.69) is 22.2 Å². The number of sulfonamides is 1. The summed E-state index contributed by atoms with van der Waals surface area (Å²) in [6, 6.07) is 17.6. The normalized spacial score (nSPS) is 13.6. The summed E-state index contributed by atoms with van der Waals surface area (Å²) in [5.74, 6) is 1.31. The van der Waals surface area contributed by atoms with Crippen LogP contribution in [0.25, 0.3) is 16.9 Å². The zero-order chi connectivity index (χ0) is 23.0. The highest BCUT2D eigenvalue weighted by Crippen LogP contribution is 2.31. The summed E-state index contributed by atoms with van der Waals surface area (Å²) >= 11 is 0. The highest BCUT2D eigenvalue weighted by Gasteiger charge is 2.21. The largest absolute Gasteiger partial charge is 0.376 e. The van der Waals surface area contributed by atoms with Crippen molar-refractivity contribution in [3.8, 4) is 5.95 Å². The van der Waals surface area contributed by atoms with Crippen molar-refractivity contribution in [2.24, 2.45) is 0 Å². The molecule has 5 rings (SSSR count). The van der Waals surface area contributed by atoms with E-state index in [1.54, 1.807) is 6.07 Å². The molecule has 0 unspecified atom stereocenters. The van der Waals surface area contributed by atoms with Crippen LogP contribution in [0.15, 0.2) is 54.6 Å². The topological polar surface area (TPSA) is 98.1 Å². The lowest BCUT2D eigenvalue weighted by molar-refractivity contribution is 0.109. The fourth-order valence-electron chi connectivity index (χ4n) is 4.16. The smallest absolute Gasteiger partial charge is 0.236 e. The van der Waals surface area contributed by atoms with Crippen molar-refractivity contribution in [3.63, 3.8) is 0 Å². The van der Waals surface area contributed by atoms with Crippen LogP contribution in [0.4, 0.5) is 11.5 Å². The summed E-state index contributed by atoms with van der Waals surface area (Å²) in [7, 11) is -3.40.